The number of amidine groups is 1. The lowest BCUT2D eigenvalue weighted by Crippen LogP contribution is -2.39. The van der Waals surface area contributed by atoms with E-state index in [9.17, 15) is 0 Å². The highest BCUT2D eigenvalue weighted by molar-refractivity contribution is 5.77. The van der Waals surface area contributed by atoms with Crippen molar-refractivity contribution < 1.29 is 0 Å². The molecule has 2 rings (SSSR count). The average Bonchev–Trinajstić information content (AvgIpc) is 2.58. The average molecular weight is 245 g/mol. The van der Waals surface area contributed by atoms with E-state index in [1.165, 1.54) is 11.1 Å². The number of nitrogens with two attached hydrogens (primary N) is 1. The maximum absolute atomic E-state index is 7.48. The summed E-state index contributed by atoms with van der Waals surface area (Å²) < 4.78 is 0. The molecule has 0 fully saturated rings. The SMILES string of the molecule is CCC(CC(=N)N)N1CCc2ccccc2CC1. The number of nitrogens with zero attached hydrogens (tertiary/aromatic N) is 1. The molecule has 1 heterocycles. The molecule has 18 heavy (non-hydrogen) atoms. The summed E-state index contributed by atoms with van der Waals surface area (Å²) in [5.41, 5.74) is 8.52. The lowest BCUT2D eigenvalue weighted by Gasteiger charge is -2.29. The molecule has 0 bridgehead atoms. The second kappa shape index (κ2) is 6.01. The molecule has 0 spiro atoms. The third-order valence-electron chi connectivity index (χ3n) is 3.90. The van der Waals surface area contributed by atoms with Crippen LogP contribution in [-0.4, -0.2) is 29.9 Å². The molecule has 0 aliphatic carbocycles. The molecule has 1 unspecified atom stereocenters. The van der Waals surface area contributed by atoms with E-state index >= 15 is 0 Å². The van der Waals surface area contributed by atoms with Gasteiger partial charge in [-0.25, -0.2) is 0 Å². The number of hydrogen-bond donors (Lipinski definition) is 2. The quantitative estimate of drug-likeness (QED) is 0.631. The maximum Gasteiger partial charge on any atom is 0.0921 e. The van der Waals surface area contributed by atoms with Gasteiger partial charge in [0.15, 0.2) is 0 Å². The Morgan fingerprint density at radius 3 is 2.28 bits per heavy atom. The van der Waals surface area contributed by atoms with Crippen LogP contribution in [-0.2, 0) is 12.8 Å². The first kappa shape index (κ1) is 13.1. The van der Waals surface area contributed by atoms with Gasteiger partial charge in [-0.15, -0.1) is 0 Å². The van der Waals surface area contributed by atoms with Gasteiger partial charge in [-0.3, -0.25) is 10.3 Å². The van der Waals surface area contributed by atoms with Gasteiger partial charge in [0.1, 0.15) is 0 Å². The first-order valence-electron chi connectivity index (χ1n) is 6.84. The van der Waals surface area contributed by atoms with Gasteiger partial charge < -0.3 is 5.73 Å². The smallest absolute Gasteiger partial charge is 0.0921 e. The first-order chi connectivity index (χ1) is 8.70. The van der Waals surface area contributed by atoms with Crippen LogP contribution in [0.3, 0.4) is 0 Å². The van der Waals surface area contributed by atoms with Crippen LogP contribution in [0.1, 0.15) is 30.9 Å². The Morgan fingerprint density at radius 2 is 1.83 bits per heavy atom. The van der Waals surface area contributed by atoms with Crippen LogP contribution in [0.15, 0.2) is 24.3 Å². The van der Waals surface area contributed by atoms with E-state index in [-0.39, 0.29) is 0 Å². The summed E-state index contributed by atoms with van der Waals surface area (Å²) in [5.74, 6) is 0.309. The fourth-order valence-corrected chi connectivity index (χ4v) is 2.84. The van der Waals surface area contributed by atoms with E-state index in [1.54, 1.807) is 0 Å². The predicted molar refractivity (Wildman–Crippen MR) is 76.0 cm³/mol. The molecular formula is C15H23N3. The Kier molecular flexibility index (Phi) is 4.37. The molecule has 3 N–H and O–H groups in total. The van der Waals surface area contributed by atoms with Crippen molar-refractivity contribution in [2.75, 3.05) is 13.1 Å². The molecule has 1 aromatic carbocycles. The number of nitrogens with one attached hydrogen (secondary N) is 1. The molecule has 1 aromatic rings. The summed E-state index contributed by atoms with van der Waals surface area (Å²) in [6.45, 7) is 4.36. The zero-order valence-corrected chi connectivity index (χ0v) is 11.2. The molecule has 3 nitrogen and oxygen atoms in total. The summed E-state index contributed by atoms with van der Waals surface area (Å²) in [6.07, 6.45) is 4.00. The van der Waals surface area contributed by atoms with Crippen molar-refractivity contribution in [2.24, 2.45) is 5.73 Å². The van der Waals surface area contributed by atoms with Crippen LogP contribution >= 0.6 is 0 Å². The minimum absolute atomic E-state index is 0.309. The van der Waals surface area contributed by atoms with Crippen molar-refractivity contribution in [2.45, 2.75) is 38.6 Å². The highest BCUT2D eigenvalue weighted by Gasteiger charge is 2.20. The fourth-order valence-electron chi connectivity index (χ4n) is 2.84. The van der Waals surface area contributed by atoms with Crippen LogP contribution in [0, 0.1) is 5.41 Å². The standard InChI is InChI=1S/C15H23N3/c1-2-14(11-15(16)17)18-9-7-12-5-3-4-6-13(12)8-10-18/h3-6,14H,2,7-11H2,1H3,(H3,16,17). The van der Waals surface area contributed by atoms with E-state index < -0.39 is 0 Å². The summed E-state index contributed by atoms with van der Waals surface area (Å²) in [7, 11) is 0. The van der Waals surface area contributed by atoms with Crippen molar-refractivity contribution >= 4 is 5.84 Å². The maximum atomic E-state index is 7.48. The molecule has 0 saturated heterocycles. The topological polar surface area (TPSA) is 53.1 Å². The Bertz CT molecular complexity index is 387. The number of fused-ring (bicyclic) bond motifs is 1. The lowest BCUT2D eigenvalue weighted by atomic mass is 10.0. The van der Waals surface area contributed by atoms with E-state index in [0.29, 0.717) is 18.3 Å². The molecule has 1 aliphatic heterocycles. The van der Waals surface area contributed by atoms with E-state index in [2.05, 4.69) is 36.1 Å². The normalized spacial score (nSPS) is 17.8. The minimum atomic E-state index is 0.309. The van der Waals surface area contributed by atoms with Crippen LogP contribution in [0.4, 0.5) is 0 Å². The molecule has 1 aliphatic rings. The third kappa shape index (κ3) is 3.10. The van der Waals surface area contributed by atoms with Crippen molar-refractivity contribution in [3.05, 3.63) is 35.4 Å². The van der Waals surface area contributed by atoms with E-state index in [1.807, 2.05) is 0 Å². The highest BCUT2D eigenvalue weighted by atomic mass is 15.2. The van der Waals surface area contributed by atoms with Gasteiger partial charge in [-0.1, -0.05) is 31.2 Å². The number of benzene rings is 1. The largest absolute Gasteiger partial charge is 0.388 e. The molecule has 98 valence electrons. The lowest BCUT2D eigenvalue weighted by molar-refractivity contribution is 0.204. The highest BCUT2D eigenvalue weighted by Crippen LogP contribution is 2.19. The second-order valence-corrected chi connectivity index (χ2v) is 5.10. The third-order valence-corrected chi connectivity index (χ3v) is 3.90. The molecule has 0 aromatic heterocycles. The first-order valence-corrected chi connectivity index (χ1v) is 6.84. The Balaban J connectivity index is 2.04. The molecule has 1 atom stereocenters. The number of rotatable bonds is 4. The van der Waals surface area contributed by atoms with Gasteiger partial charge in [-0.2, -0.15) is 0 Å². The fraction of sp³-hybridized carbons (Fsp3) is 0.533. The van der Waals surface area contributed by atoms with Crippen molar-refractivity contribution in [3.8, 4) is 0 Å². The van der Waals surface area contributed by atoms with E-state index in [0.717, 1.165) is 32.4 Å². The zero-order valence-electron chi connectivity index (χ0n) is 11.2. The number of hydrogen-bond acceptors (Lipinski definition) is 2. The van der Waals surface area contributed by atoms with Crippen molar-refractivity contribution in [1.82, 2.24) is 4.90 Å². The van der Waals surface area contributed by atoms with Gasteiger partial charge in [0.25, 0.3) is 0 Å². The van der Waals surface area contributed by atoms with Gasteiger partial charge in [0.2, 0.25) is 0 Å². The predicted octanol–water partition coefficient (Wildman–Crippen LogP) is 2.19. The van der Waals surface area contributed by atoms with Crippen LogP contribution in [0.25, 0.3) is 0 Å². The second-order valence-electron chi connectivity index (χ2n) is 5.10. The monoisotopic (exact) mass is 245 g/mol. The van der Waals surface area contributed by atoms with Crippen molar-refractivity contribution in [3.63, 3.8) is 0 Å². The van der Waals surface area contributed by atoms with Gasteiger partial charge >= 0.3 is 0 Å². The summed E-state index contributed by atoms with van der Waals surface area (Å²) in [6, 6.07) is 9.16. The van der Waals surface area contributed by atoms with Gasteiger partial charge in [0, 0.05) is 25.6 Å². The molecule has 0 amide bonds. The molecule has 0 saturated carbocycles. The summed E-state index contributed by atoms with van der Waals surface area (Å²) >= 11 is 0. The van der Waals surface area contributed by atoms with Crippen molar-refractivity contribution in [1.29, 1.82) is 5.41 Å². The Hall–Kier alpha value is -1.35. The summed E-state index contributed by atoms with van der Waals surface area (Å²) in [4.78, 5) is 2.50. The molecular weight excluding hydrogens is 222 g/mol. The summed E-state index contributed by atoms with van der Waals surface area (Å²) in [5, 5.41) is 7.48. The van der Waals surface area contributed by atoms with Gasteiger partial charge in [0.05, 0.1) is 5.84 Å². The Morgan fingerprint density at radius 1 is 1.28 bits per heavy atom. The zero-order chi connectivity index (χ0) is 13.0. The molecule has 0 radical (unpaired) electrons. The minimum Gasteiger partial charge on any atom is -0.388 e. The van der Waals surface area contributed by atoms with Crippen LogP contribution in [0.5, 0.6) is 0 Å². The molecule has 3 heteroatoms. The van der Waals surface area contributed by atoms with Gasteiger partial charge in [-0.05, 0) is 30.4 Å². The van der Waals surface area contributed by atoms with Crippen LogP contribution < -0.4 is 5.73 Å². The van der Waals surface area contributed by atoms with Crippen LogP contribution in [0.2, 0.25) is 0 Å². The van der Waals surface area contributed by atoms with E-state index in [4.69, 9.17) is 11.1 Å². The Labute approximate surface area is 109 Å².